The zero-order valence-electron chi connectivity index (χ0n) is 17.0. The first-order chi connectivity index (χ1) is 14.2. The molecule has 2 fully saturated rings. The smallest absolute Gasteiger partial charge is 0.262 e. The average Bonchev–Trinajstić information content (AvgIpc) is 3.04. The molecule has 1 N–H and O–H groups in total. The van der Waals surface area contributed by atoms with Crippen molar-refractivity contribution >= 4 is 29.4 Å². The Hall–Kier alpha value is -2.40. The number of methoxy groups -OCH3 is 1. The highest BCUT2D eigenvalue weighted by Gasteiger charge is 2.42. The minimum absolute atomic E-state index is 0.0905. The van der Waals surface area contributed by atoms with Gasteiger partial charge in [0.05, 0.1) is 12.0 Å². The van der Waals surface area contributed by atoms with Crippen LogP contribution in [0.5, 0.6) is 5.75 Å². The molecule has 4 nitrogen and oxygen atoms in total. The molecule has 0 bridgehead atoms. The molecule has 2 aromatic rings. The number of amides is 1. The summed E-state index contributed by atoms with van der Waals surface area (Å²) in [4.78, 5) is 16.3. The van der Waals surface area contributed by atoms with Crippen molar-refractivity contribution < 1.29 is 9.53 Å². The van der Waals surface area contributed by atoms with Crippen LogP contribution in [0.1, 0.15) is 38.2 Å². The Labute approximate surface area is 177 Å². The first-order valence-corrected chi connectivity index (χ1v) is 11.2. The van der Waals surface area contributed by atoms with Gasteiger partial charge in [0, 0.05) is 11.7 Å². The molecule has 1 heterocycles. The number of carbonyl (C=O) groups is 1. The Bertz CT molecular complexity index is 883. The van der Waals surface area contributed by atoms with E-state index in [0.29, 0.717) is 5.92 Å². The van der Waals surface area contributed by atoms with Crippen molar-refractivity contribution in [2.75, 3.05) is 12.4 Å². The van der Waals surface area contributed by atoms with E-state index in [1.807, 2.05) is 48.5 Å². The second kappa shape index (κ2) is 8.95. The van der Waals surface area contributed by atoms with Gasteiger partial charge in [-0.05, 0) is 54.7 Å². The summed E-state index contributed by atoms with van der Waals surface area (Å²) >= 11 is 1.61. The maximum atomic E-state index is 13.5. The molecule has 1 aliphatic carbocycles. The molecule has 1 aliphatic heterocycles. The molecule has 1 saturated carbocycles. The van der Waals surface area contributed by atoms with Gasteiger partial charge in [0.25, 0.3) is 5.91 Å². The molecule has 152 valence electrons. The molecule has 5 heteroatoms. The summed E-state index contributed by atoms with van der Waals surface area (Å²) < 4.78 is 5.33. The Morgan fingerprint density at radius 2 is 1.90 bits per heavy atom. The van der Waals surface area contributed by atoms with E-state index in [0.717, 1.165) is 28.3 Å². The zero-order valence-corrected chi connectivity index (χ0v) is 17.8. The zero-order chi connectivity index (χ0) is 20.2. The van der Waals surface area contributed by atoms with Crippen LogP contribution in [0.2, 0.25) is 0 Å². The second-order valence-electron chi connectivity index (χ2n) is 7.81. The number of nitrogens with one attached hydrogen (secondary N) is 1. The normalized spacial score (nSPS) is 26.0. The minimum Gasteiger partial charge on any atom is -0.497 e. The first kappa shape index (κ1) is 19.9. The van der Waals surface area contributed by atoms with Gasteiger partial charge in [-0.2, -0.15) is 0 Å². The number of nitrogens with zero attached hydrogens (tertiary/aromatic N) is 1. The number of anilines is 1. The third-order valence-corrected chi connectivity index (χ3v) is 6.93. The van der Waals surface area contributed by atoms with E-state index < -0.39 is 0 Å². The van der Waals surface area contributed by atoms with E-state index in [4.69, 9.17) is 4.74 Å². The number of thioether (sulfide) groups is 1. The van der Waals surface area contributed by atoms with E-state index in [-0.39, 0.29) is 17.4 Å². The van der Waals surface area contributed by atoms with E-state index in [1.165, 1.54) is 19.3 Å². The fourth-order valence-corrected chi connectivity index (χ4v) is 5.46. The maximum absolute atomic E-state index is 13.5. The van der Waals surface area contributed by atoms with Crippen molar-refractivity contribution in [2.24, 2.45) is 5.92 Å². The molecule has 2 aromatic carbocycles. The summed E-state index contributed by atoms with van der Waals surface area (Å²) in [7, 11) is 1.66. The molecule has 4 rings (SSSR count). The van der Waals surface area contributed by atoms with Crippen molar-refractivity contribution in [2.45, 2.75) is 44.1 Å². The summed E-state index contributed by atoms with van der Waals surface area (Å²) in [6, 6.07) is 18.3. The SMILES string of the molecule is COc1cccc(/C=C2\SC(Nc3ccccc3)N([C@H]3CCCC[C@@H]3C)C2=O)c1. The number of hydrogen-bond acceptors (Lipinski definition) is 4. The Morgan fingerprint density at radius 1 is 1.10 bits per heavy atom. The Balaban J connectivity index is 1.64. The van der Waals surface area contributed by atoms with Crippen molar-refractivity contribution in [3.63, 3.8) is 0 Å². The molecule has 1 saturated heterocycles. The van der Waals surface area contributed by atoms with E-state index in [2.05, 4.69) is 29.3 Å². The highest BCUT2D eigenvalue weighted by atomic mass is 32.2. The molecule has 3 atom stereocenters. The van der Waals surface area contributed by atoms with Crippen molar-refractivity contribution in [3.8, 4) is 5.75 Å². The van der Waals surface area contributed by atoms with Crippen molar-refractivity contribution in [1.82, 2.24) is 4.90 Å². The van der Waals surface area contributed by atoms with Crippen molar-refractivity contribution in [1.29, 1.82) is 0 Å². The van der Waals surface area contributed by atoms with E-state index in [9.17, 15) is 4.79 Å². The quantitative estimate of drug-likeness (QED) is 0.655. The van der Waals surface area contributed by atoms with Gasteiger partial charge in [0.1, 0.15) is 5.75 Å². The van der Waals surface area contributed by atoms with Gasteiger partial charge in [0.2, 0.25) is 0 Å². The average molecular weight is 409 g/mol. The predicted octanol–water partition coefficient (Wildman–Crippen LogP) is 5.59. The van der Waals surface area contributed by atoms with Crippen LogP contribution in [0.3, 0.4) is 0 Å². The lowest BCUT2D eigenvalue weighted by Gasteiger charge is -2.39. The molecule has 1 unspecified atom stereocenters. The fraction of sp³-hybridized carbons (Fsp3) is 0.375. The molecular formula is C24H28N2O2S. The molecule has 0 spiro atoms. The molecule has 0 radical (unpaired) electrons. The van der Waals surface area contributed by atoms with Crippen LogP contribution in [-0.4, -0.2) is 29.5 Å². The summed E-state index contributed by atoms with van der Waals surface area (Å²) in [6.07, 6.45) is 6.70. The maximum Gasteiger partial charge on any atom is 0.262 e. The Kier molecular flexibility index (Phi) is 6.14. The number of ether oxygens (including phenoxy) is 1. The number of rotatable bonds is 5. The van der Waals surface area contributed by atoms with Gasteiger partial charge in [-0.25, -0.2) is 0 Å². The highest BCUT2D eigenvalue weighted by molar-refractivity contribution is 8.05. The highest BCUT2D eigenvalue weighted by Crippen LogP contribution is 2.42. The van der Waals surface area contributed by atoms with E-state index >= 15 is 0 Å². The van der Waals surface area contributed by atoms with Gasteiger partial charge in [-0.3, -0.25) is 4.79 Å². The summed E-state index contributed by atoms with van der Waals surface area (Å²) in [5.74, 6) is 1.45. The van der Waals surface area contributed by atoms with Gasteiger partial charge in [-0.1, -0.05) is 61.9 Å². The lowest BCUT2D eigenvalue weighted by Crippen LogP contribution is -2.48. The summed E-state index contributed by atoms with van der Waals surface area (Å²) in [6.45, 7) is 2.28. The monoisotopic (exact) mass is 408 g/mol. The number of para-hydroxylation sites is 1. The van der Waals surface area contributed by atoms with Gasteiger partial charge >= 0.3 is 0 Å². The molecule has 2 aliphatic rings. The molecule has 1 amide bonds. The van der Waals surface area contributed by atoms with Crippen LogP contribution in [0.25, 0.3) is 6.08 Å². The molecule has 29 heavy (non-hydrogen) atoms. The summed E-state index contributed by atoms with van der Waals surface area (Å²) in [5.41, 5.74) is 1.93. The first-order valence-electron chi connectivity index (χ1n) is 10.3. The van der Waals surface area contributed by atoms with Gasteiger partial charge in [-0.15, -0.1) is 0 Å². The Morgan fingerprint density at radius 3 is 2.66 bits per heavy atom. The van der Waals surface area contributed by atoms with Gasteiger partial charge < -0.3 is 15.0 Å². The van der Waals surface area contributed by atoms with E-state index in [1.54, 1.807) is 18.9 Å². The van der Waals surface area contributed by atoms with Crippen molar-refractivity contribution in [3.05, 3.63) is 65.1 Å². The second-order valence-corrected chi connectivity index (χ2v) is 8.93. The van der Waals surface area contributed by atoms with Gasteiger partial charge in [0.15, 0.2) is 5.50 Å². The standard InChI is InChI=1S/C24H28N2O2S/c1-17-9-6-7-14-21(17)26-23(27)22(16-18-10-8-13-20(15-18)28-2)29-24(26)25-19-11-4-3-5-12-19/h3-5,8,10-13,15-17,21,24-25H,6-7,9,14H2,1-2H3/b22-16-/t17-,21-,24?/m0/s1. The molecular weight excluding hydrogens is 380 g/mol. The lowest BCUT2D eigenvalue weighted by molar-refractivity contribution is -0.129. The van der Waals surface area contributed by atoms with Crippen LogP contribution in [-0.2, 0) is 4.79 Å². The predicted molar refractivity (Wildman–Crippen MR) is 121 cm³/mol. The third kappa shape index (κ3) is 4.45. The topological polar surface area (TPSA) is 41.6 Å². The van der Waals surface area contributed by atoms with Crippen LogP contribution in [0.15, 0.2) is 59.5 Å². The van der Waals surface area contributed by atoms with Crippen LogP contribution in [0.4, 0.5) is 5.69 Å². The number of hydrogen-bond donors (Lipinski definition) is 1. The number of benzene rings is 2. The summed E-state index contributed by atoms with van der Waals surface area (Å²) in [5, 5.41) is 3.58. The van der Waals surface area contributed by atoms with Crippen LogP contribution >= 0.6 is 11.8 Å². The van der Waals surface area contributed by atoms with Crippen LogP contribution in [0, 0.1) is 5.92 Å². The van der Waals surface area contributed by atoms with Crippen LogP contribution < -0.4 is 10.1 Å². The lowest BCUT2D eigenvalue weighted by atomic mass is 9.85. The molecule has 0 aromatic heterocycles. The fourth-order valence-electron chi connectivity index (χ4n) is 4.25. The number of carbonyl (C=O) groups excluding carboxylic acids is 1. The largest absolute Gasteiger partial charge is 0.497 e. The third-order valence-electron chi connectivity index (χ3n) is 5.82. The minimum atomic E-state index is -0.0905.